The predicted molar refractivity (Wildman–Crippen MR) is 81.8 cm³/mol. The van der Waals surface area contributed by atoms with Crippen LogP contribution >= 0.6 is 11.6 Å². The van der Waals surface area contributed by atoms with Crippen LogP contribution in [0.15, 0.2) is 12.1 Å². The first kappa shape index (κ1) is 15.9. The van der Waals surface area contributed by atoms with Crippen LogP contribution in [0.5, 0.6) is 11.5 Å². The number of nitrogens with zero attached hydrogens (tertiary/aromatic N) is 1. The summed E-state index contributed by atoms with van der Waals surface area (Å²) in [5.74, 6) is 0.626. The number of nitrogens with one attached hydrogen (secondary N) is 1. The van der Waals surface area contributed by atoms with Gasteiger partial charge in [0.05, 0.1) is 7.11 Å². The van der Waals surface area contributed by atoms with Gasteiger partial charge in [-0.1, -0.05) is 11.6 Å². The monoisotopic (exact) mass is 312 g/mol. The molecule has 1 aliphatic rings. The highest BCUT2D eigenvalue weighted by Crippen LogP contribution is 2.33. The van der Waals surface area contributed by atoms with Crippen molar-refractivity contribution in [2.45, 2.75) is 25.8 Å². The third-order valence-electron chi connectivity index (χ3n) is 3.63. The molecule has 1 fully saturated rings. The van der Waals surface area contributed by atoms with Crippen LogP contribution in [-0.4, -0.2) is 42.7 Å². The van der Waals surface area contributed by atoms with Crippen molar-refractivity contribution in [1.82, 2.24) is 10.2 Å². The fourth-order valence-corrected chi connectivity index (χ4v) is 2.69. The summed E-state index contributed by atoms with van der Waals surface area (Å²) in [5, 5.41) is 13.7. The van der Waals surface area contributed by atoms with Crippen LogP contribution in [0.3, 0.4) is 0 Å². The van der Waals surface area contributed by atoms with Gasteiger partial charge in [-0.3, -0.25) is 4.79 Å². The van der Waals surface area contributed by atoms with Crippen molar-refractivity contribution in [3.8, 4) is 11.5 Å². The lowest BCUT2D eigenvalue weighted by molar-refractivity contribution is -0.130. The third-order valence-corrected chi connectivity index (χ3v) is 3.85. The second-order valence-electron chi connectivity index (χ2n) is 5.13. The number of aromatic hydroxyl groups is 1. The number of methoxy groups -OCH3 is 1. The molecule has 1 aromatic carbocycles. The Bertz CT molecular complexity index is 502. The number of rotatable bonds is 6. The second kappa shape index (κ2) is 7.52. The zero-order valence-electron chi connectivity index (χ0n) is 12.2. The third kappa shape index (κ3) is 4.25. The van der Waals surface area contributed by atoms with Gasteiger partial charge >= 0.3 is 0 Å². The lowest BCUT2D eigenvalue weighted by atomic mass is 10.2. The first-order valence-electron chi connectivity index (χ1n) is 7.15. The molecule has 116 valence electrons. The van der Waals surface area contributed by atoms with Gasteiger partial charge in [-0.2, -0.15) is 0 Å². The van der Waals surface area contributed by atoms with Gasteiger partial charge in [-0.05, 0) is 18.9 Å². The Balaban J connectivity index is 1.80. The van der Waals surface area contributed by atoms with Crippen LogP contribution in [0.2, 0.25) is 5.02 Å². The molecule has 0 saturated carbocycles. The summed E-state index contributed by atoms with van der Waals surface area (Å²) < 4.78 is 5.06. The van der Waals surface area contributed by atoms with E-state index in [4.69, 9.17) is 16.3 Å². The summed E-state index contributed by atoms with van der Waals surface area (Å²) in [4.78, 5) is 13.8. The van der Waals surface area contributed by atoms with Crippen LogP contribution in [0.25, 0.3) is 0 Å². The molecule has 6 heteroatoms. The molecule has 21 heavy (non-hydrogen) atoms. The Hall–Kier alpha value is -1.46. The predicted octanol–water partition coefficient (Wildman–Crippen LogP) is 2.16. The van der Waals surface area contributed by atoms with E-state index in [0.717, 1.165) is 25.9 Å². The zero-order valence-corrected chi connectivity index (χ0v) is 12.9. The largest absolute Gasteiger partial charge is 0.504 e. The molecule has 1 saturated heterocycles. The topological polar surface area (TPSA) is 61.8 Å². The number of carbonyl (C=O) groups is 1. The molecule has 2 N–H and O–H groups in total. The summed E-state index contributed by atoms with van der Waals surface area (Å²) in [6, 6.07) is 3.26. The van der Waals surface area contributed by atoms with Crippen molar-refractivity contribution >= 4 is 17.5 Å². The van der Waals surface area contributed by atoms with Crippen LogP contribution in [-0.2, 0) is 11.3 Å². The summed E-state index contributed by atoms with van der Waals surface area (Å²) in [5.41, 5.74) is 0.660. The Morgan fingerprint density at radius 3 is 2.81 bits per heavy atom. The maximum absolute atomic E-state index is 11.9. The highest BCUT2D eigenvalue weighted by molar-refractivity contribution is 6.30. The van der Waals surface area contributed by atoms with Crippen LogP contribution in [0.1, 0.15) is 24.8 Å². The molecular formula is C15H21ClN2O3. The van der Waals surface area contributed by atoms with E-state index in [-0.39, 0.29) is 11.7 Å². The highest BCUT2D eigenvalue weighted by atomic mass is 35.5. The Morgan fingerprint density at radius 2 is 2.14 bits per heavy atom. The Labute approximate surface area is 129 Å². The smallest absolute Gasteiger partial charge is 0.223 e. The summed E-state index contributed by atoms with van der Waals surface area (Å²) >= 11 is 5.97. The molecule has 0 spiro atoms. The van der Waals surface area contributed by atoms with Crippen molar-refractivity contribution < 1.29 is 14.6 Å². The van der Waals surface area contributed by atoms with Crippen LogP contribution in [0, 0.1) is 0 Å². The number of amides is 1. The molecule has 0 atom stereocenters. The Kier molecular flexibility index (Phi) is 5.70. The highest BCUT2D eigenvalue weighted by Gasteiger charge is 2.17. The van der Waals surface area contributed by atoms with E-state index in [1.165, 1.54) is 7.11 Å². The van der Waals surface area contributed by atoms with E-state index in [1.807, 2.05) is 4.90 Å². The van der Waals surface area contributed by atoms with Crippen molar-refractivity contribution in [2.75, 3.05) is 26.7 Å². The summed E-state index contributed by atoms with van der Waals surface area (Å²) in [7, 11) is 1.48. The SMILES string of the molecule is COc1cc(Cl)cc(CNCCC(=O)N2CCCC2)c1O. The van der Waals surface area contributed by atoms with Gasteiger partial charge in [0.15, 0.2) is 11.5 Å². The van der Waals surface area contributed by atoms with Gasteiger partial charge in [0.25, 0.3) is 0 Å². The lowest BCUT2D eigenvalue weighted by Gasteiger charge is -2.15. The minimum Gasteiger partial charge on any atom is -0.504 e. The average molecular weight is 313 g/mol. The first-order chi connectivity index (χ1) is 10.1. The number of ether oxygens (including phenoxy) is 1. The van der Waals surface area contributed by atoms with Crippen LogP contribution in [0.4, 0.5) is 0 Å². The van der Waals surface area contributed by atoms with Crippen molar-refractivity contribution in [3.63, 3.8) is 0 Å². The quantitative estimate of drug-likeness (QED) is 0.790. The number of benzene rings is 1. The van der Waals surface area contributed by atoms with Crippen LogP contribution < -0.4 is 10.1 Å². The van der Waals surface area contributed by atoms with E-state index in [1.54, 1.807) is 12.1 Å². The maximum atomic E-state index is 11.9. The molecule has 1 aliphatic heterocycles. The van der Waals surface area contributed by atoms with Gasteiger partial charge in [0.2, 0.25) is 5.91 Å². The number of carbonyl (C=O) groups excluding carboxylic acids is 1. The zero-order chi connectivity index (χ0) is 15.2. The molecule has 0 aliphatic carbocycles. The van der Waals surface area contributed by atoms with Crippen molar-refractivity contribution in [1.29, 1.82) is 0 Å². The second-order valence-corrected chi connectivity index (χ2v) is 5.57. The molecular weight excluding hydrogens is 292 g/mol. The normalized spacial score (nSPS) is 14.5. The van der Waals surface area contributed by atoms with Crippen molar-refractivity contribution in [2.24, 2.45) is 0 Å². The number of likely N-dealkylation sites (tertiary alicyclic amines) is 1. The van der Waals surface area contributed by atoms with Gasteiger partial charge in [-0.25, -0.2) is 0 Å². The van der Waals surface area contributed by atoms with E-state index in [2.05, 4.69) is 5.32 Å². The first-order valence-corrected chi connectivity index (χ1v) is 7.53. The molecule has 0 unspecified atom stereocenters. The fraction of sp³-hybridized carbons (Fsp3) is 0.533. The van der Waals surface area contributed by atoms with Gasteiger partial charge in [0.1, 0.15) is 0 Å². The van der Waals surface area contributed by atoms with Gasteiger partial charge < -0.3 is 20.1 Å². The molecule has 0 aromatic heterocycles. The standard InChI is InChI=1S/C15H21ClN2O3/c1-21-13-9-12(16)8-11(15(13)20)10-17-5-4-14(19)18-6-2-3-7-18/h8-9,17,20H,2-7,10H2,1H3. The fourth-order valence-electron chi connectivity index (χ4n) is 2.46. The number of halogens is 1. The molecule has 2 rings (SSSR count). The molecule has 1 amide bonds. The van der Waals surface area contributed by atoms with E-state index in [0.29, 0.717) is 35.8 Å². The minimum absolute atomic E-state index is 0.0836. The maximum Gasteiger partial charge on any atom is 0.223 e. The van der Waals surface area contributed by atoms with E-state index < -0.39 is 0 Å². The molecule has 1 heterocycles. The van der Waals surface area contributed by atoms with E-state index in [9.17, 15) is 9.90 Å². The van der Waals surface area contributed by atoms with Gasteiger partial charge in [-0.15, -0.1) is 0 Å². The summed E-state index contributed by atoms with van der Waals surface area (Å²) in [6.07, 6.45) is 2.68. The number of hydrogen-bond donors (Lipinski definition) is 2. The number of phenolic OH excluding ortho intramolecular Hbond substituents is 1. The molecule has 1 aromatic rings. The molecule has 0 radical (unpaired) electrons. The number of hydrogen-bond acceptors (Lipinski definition) is 4. The van der Waals surface area contributed by atoms with Gasteiger partial charge in [0, 0.05) is 49.3 Å². The molecule has 5 nitrogen and oxygen atoms in total. The summed E-state index contributed by atoms with van der Waals surface area (Å²) in [6.45, 7) is 2.77. The minimum atomic E-state index is 0.0836. The van der Waals surface area contributed by atoms with Crippen molar-refractivity contribution in [3.05, 3.63) is 22.7 Å². The van der Waals surface area contributed by atoms with E-state index >= 15 is 0 Å². The Morgan fingerprint density at radius 1 is 1.43 bits per heavy atom. The average Bonchev–Trinajstić information content (AvgIpc) is 3.00. The number of phenols is 1. The molecule has 0 bridgehead atoms. The lowest BCUT2D eigenvalue weighted by Crippen LogP contribution is -2.30.